The van der Waals surface area contributed by atoms with Crippen LogP contribution in [-0.4, -0.2) is 18.8 Å². The highest BCUT2D eigenvalue weighted by molar-refractivity contribution is 7.15. The summed E-state index contributed by atoms with van der Waals surface area (Å²) in [5.74, 6) is 0. The van der Waals surface area contributed by atoms with Gasteiger partial charge < -0.3 is 10.1 Å². The largest absolute Gasteiger partial charge is 0.379 e. The Kier molecular flexibility index (Phi) is 3.69. The van der Waals surface area contributed by atoms with E-state index in [4.69, 9.17) is 4.74 Å². The molecular formula is C16H19NOS. The Hall–Kier alpha value is -1.16. The first-order valence-electron chi connectivity index (χ1n) is 6.72. The van der Waals surface area contributed by atoms with Gasteiger partial charge in [-0.15, -0.1) is 11.3 Å². The van der Waals surface area contributed by atoms with Crippen molar-refractivity contribution in [1.29, 1.82) is 0 Å². The maximum Gasteiger partial charge on any atom is 0.0646 e. The second kappa shape index (κ2) is 5.45. The summed E-state index contributed by atoms with van der Waals surface area (Å²) in [6.45, 7) is 4.87. The maximum absolute atomic E-state index is 5.46. The zero-order valence-corrected chi connectivity index (χ0v) is 12.0. The Labute approximate surface area is 118 Å². The lowest BCUT2D eigenvalue weighted by atomic mass is 10.0. The predicted molar refractivity (Wildman–Crippen MR) is 80.4 cm³/mol. The number of benzene rings is 1. The smallest absolute Gasteiger partial charge is 0.0646 e. The van der Waals surface area contributed by atoms with Gasteiger partial charge in [-0.25, -0.2) is 0 Å². The third kappa shape index (κ3) is 3.06. The molecule has 2 heterocycles. The molecule has 2 nitrogen and oxygen atoms in total. The molecule has 3 heteroatoms. The standard InChI is InChI=1S/C16H19NOS/c1-16(9-10-18-12-16)17-11-14-7-8-15(19-14)13-5-3-2-4-6-13/h2-8,17H,9-12H2,1H3. The van der Waals surface area contributed by atoms with Crippen LogP contribution in [0, 0.1) is 0 Å². The Bertz CT molecular complexity index is 529. The van der Waals surface area contributed by atoms with Gasteiger partial charge in [-0.2, -0.15) is 0 Å². The molecule has 0 radical (unpaired) electrons. The van der Waals surface area contributed by atoms with E-state index in [9.17, 15) is 0 Å². The number of thiophene rings is 1. The second-order valence-corrected chi connectivity index (χ2v) is 6.52. The van der Waals surface area contributed by atoms with Crippen LogP contribution in [0.4, 0.5) is 0 Å². The Morgan fingerprint density at radius 1 is 1.21 bits per heavy atom. The van der Waals surface area contributed by atoms with E-state index in [1.54, 1.807) is 0 Å². The van der Waals surface area contributed by atoms with E-state index in [1.165, 1.54) is 15.3 Å². The molecule has 1 aliphatic rings. The van der Waals surface area contributed by atoms with Crippen LogP contribution in [0.25, 0.3) is 10.4 Å². The average Bonchev–Trinajstić information content (AvgIpc) is 3.07. The predicted octanol–water partition coefficient (Wildman–Crippen LogP) is 3.68. The van der Waals surface area contributed by atoms with E-state index < -0.39 is 0 Å². The zero-order chi connectivity index (χ0) is 13.1. The lowest BCUT2D eigenvalue weighted by Crippen LogP contribution is -2.42. The van der Waals surface area contributed by atoms with Gasteiger partial charge in [0.1, 0.15) is 0 Å². The maximum atomic E-state index is 5.46. The number of nitrogens with one attached hydrogen (secondary N) is 1. The van der Waals surface area contributed by atoms with E-state index in [0.29, 0.717) is 0 Å². The van der Waals surface area contributed by atoms with Gasteiger partial charge in [-0.3, -0.25) is 0 Å². The van der Waals surface area contributed by atoms with Gasteiger partial charge in [0.05, 0.1) is 6.61 Å². The SMILES string of the molecule is CC1(NCc2ccc(-c3ccccc3)s2)CCOC1. The van der Waals surface area contributed by atoms with Gasteiger partial charge in [0.25, 0.3) is 0 Å². The Morgan fingerprint density at radius 2 is 2.05 bits per heavy atom. The fourth-order valence-corrected chi connectivity index (χ4v) is 3.29. The third-order valence-electron chi connectivity index (χ3n) is 3.63. The summed E-state index contributed by atoms with van der Waals surface area (Å²) in [6.07, 6.45) is 1.10. The first-order chi connectivity index (χ1) is 9.25. The summed E-state index contributed by atoms with van der Waals surface area (Å²) in [5.41, 5.74) is 1.45. The van der Waals surface area contributed by atoms with Crippen molar-refractivity contribution in [3.8, 4) is 10.4 Å². The van der Waals surface area contributed by atoms with Crippen LogP contribution >= 0.6 is 11.3 Å². The van der Waals surface area contributed by atoms with Crippen LogP contribution in [-0.2, 0) is 11.3 Å². The monoisotopic (exact) mass is 273 g/mol. The third-order valence-corrected chi connectivity index (χ3v) is 4.76. The van der Waals surface area contributed by atoms with Crippen molar-refractivity contribution in [3.05, 3.63) is 47.3 Å². The van der Waals surface area contributed by atoms with Gasteiger partial charge in [0.2, 0.25) is 0 Å². The molecule has 1 aromatic carbocycles. The minimum absolute atomic E-state index is 0.150. The normalized spacial score (nSPS) is 22.8. The number of rotatable bonds is 4. The first kappa shape index (κ1) is 12.9. The molecule has 1 atom stereocenters. The number of hydrogen-bond donors (Lipinski definition) is 1. The summed E-state index contributed by atoms with van der Waals surface area (Å²) >= 11 is 1.86. The molecule has 1 aliphatic heterocycles. The quantitative estimate of drug-likeness (QED) is 0.917. The zero-order valence-electron chi connectivity index (χ0n) is 11.2. The molecule has 19 heavy (non-hydrogen) atoms. The van der Waals surface area contributed by atoms with Crippen molar-refractivity contribution in [2.45, 2.75) is 25.4 Å². The van der Waals surface area contributed by atoms with Crippen molar-refractivity contribution in [2.24, 2.45) is 0 Å². The van der Waals surface area contributed by atoms with Crippen LogP contribution in [0.5, 0.6) is 0 Å². The minimum atomic E-state index is 0.150. The summed E-state index contributed by atoms with van der Waals surface area (Å²) in [4.78, 5) is 2.72. The van der Waals surface area contributed by atoms with E-state index in [-0.39, 0.29) is 5.54 Å². The van der Waals surface area contributed by atoms with Crippen molar-refractivity contribution in [1.82, 2.24) is 5.32 Å². The fraction of sp³-hybridized carbons (Fsp3) is 0.375. The molecule has 3 rings (SSSR count). The lowest BCUT2D eigenvalue weighted by molar-refractivity contribution is 0.171. The van der Waals surface area contributed by atoms with E-state index in [2.05, 4.69) is 54.7 Å². The molecule has 1 saturated heterocycles. The molecule has 2 aromatic rings. The van der Waals surface area contributed by atoms with Gasteiger partial charge >= 0.3 is 0 Å². The van der Waals surface area contributed by atoms with Crippen molar-refractivity contribution >= 4 is 11.3 Å². The lowest BCUT2D eigenvalue weighted by Gasteiger charge is -2.23. The molecule has 1 fully saturated rings. The Morgan fingerprint density at radius 3 is 2.79 bits per heavy atom. The highest BCUT2D eigenvalue weighted by atomic mass is 32.1. The number of ether oxygens (including phenoxy) is 1. The first-order valence-corrected chi connectivity index (χ1v) is 7.54. The van der Waals surface area contributed by atoms with Gasteiger partial charge in [-0.1, -0.05) is 30.3 Å². The van der Waals surface area contributed by atoms with Gasteiger partial charge in [0, 0.05) is 28.4 Å². The topological polar surface area (TPSA) is 21.3 Å². The molecule has 100 valence electrons. The number of hydrogen-bond acceptors (Lipinski definition) is 3. The molecule has 0 spiro atoms. The van der Waals surface area contributed by atoms with E-state index >= 15 is 0 Å². The summed E-state index contributed by atoms with van der Waals surface area (Å²) in [6, 6.07) is 15.0. The van der Waals surface area contributed by atoms with E-state index in [1.807, 2.05) is 11.3 Å². The molecule has 1 N–H and O–H groups in total. The second-order valence-electron chi connectivity index (χ2n) is 5.35. The van der Waals surface area contributed by atoms with Crippen LogP contribution < -0.4 is 5.32 Å². The van der Waals surface area contributed by atoms with Crippen LogP contribution in [0.2, 0.25) is 0 Å². The average molecular weight is 273 g/mol. The Balaban J connectivity index is 1.65. The van der Waals surface area contributed by atoms with Gasteiger partial charge in [0.15, 0.2) is 0 Å². The summed E-state index contributed by atoms with van der Waals surface area (Å²) in [5, 5.41) is 3.62. The highest BCUT2D eigenvalue weighted by Gasteiger charge is 2.28. The highest BCUT2D eigenvalue weighted by Crippen LogP contribution is 2.28. The molecular weight excluding hydrogens is 254 g/mol. The summed E-state index contributed by atoms with van der Waals surface area (Å²) < 4.78 is 5.46. The molecule has 0 amide bonds. The molecule has 1 aromatic heterocycles. The van der Waals surface area contributed by atoms with Gasteiger partial charge in [-0.05, 0) is 31.0 Å². The van der Waals surface area contributed by atoms with Crippen molar-refractivity contribution in [2.75, 3.05) is 13.2 Å². The molecule has 1 unspecified atom stereocenters. The molecule has 0 aliphatic carbocycles. The van der Waals surface area contributed by atoms with Crippen LogP contribution in [0.1, 0.15) is 18.2 Å². The fourth-order valence-electron chi connectivity index (χ4n) is 2.34. The van der Waals surface area contributed by atoms with Crippen molar-refractivity contribution in [3.63, 3.8) is 0 Å². The van der Waals surface area contributed by atoms with Crippen LogP contribution in [0.15, 0.2) is 42.5 Å². The van der Waals surface area contributed by atoms with Crippen molar-refractivity contribution < 1.29 is 4.74 Å². The summed E-state index contributed by atoms with van der Waals surface area (Å²) in [7, 11) is 0. The van der Waals surface area contributed by atoms with Crippen LogP contribution in [0.3, 0.4) is 0 Å². The molecule has 0 bridgehead atoms. The van der Waals surface area contributed by atoms with E-state index in [0.717, 1.165) is 26.2 Å². The molecule has 0 saturated carbocycles. The minimum Gasteiger partial charge on any atom is -0.379 e.